The smallest absolute Gasteiger partial charge is 0.222 e. The monoisotopic (exact) mass is 376 g/mol. The van der Waals surface area contributed by atoms with E-state index in [1.165, 1.54) is 0 Å². The summed E-state index contributed by atoms with van der Waals surface area (Å²) in [6.45, 7) is 0. The molecule has 0 bridgehead atoms. The van der Waals surface area contributed by atoms with E-state index in [-0.39, 0.29) is 5.95 Å². The number of halogens is 3. The second kappa shape index (κ2) is 5.20. The number of benzene rings is 1. The largest absolute Gasteiger partial charge is 0.368 e. The summed E-state index contributed by atoms with van der Waals surface area (Å²) >= 11 is 12.7. The molecule has 0 spiro atoms. The molecule has 2 rings (SSSR count). The van der Waals surface area contributed by atoms with E-state index in [4.69, 9.17) is 17.3 Å². The third kappa shape index (κ3) is 3.08. The number of nitrogens with one attached hydrogen (secondary N) is 1. The van der Waals surface area contributed by atoms with Gasteiger partial charge >= 0.3 is 0 Å². The fourth-order valence-electron chi connectivity index (χ4n) is 1.18. The predicted octanol–water partition coefficient (Wildman–Crippen LogP) is 3.98. The molecule has 7 heteroatoms. The van der Waals surface area contributed by atoms with Gasteiger partial charge in [-0.3, -0.25) is 0 Å². The third-order valence-electron chi connectivity index (χ3n) is 1.95. The minimum atomic E-state index is 0.207. The van der Waals surface area contributed by atoms with E-state index in [1.807, 2.05) is 12.1 Å². The van der Waals surface area contributed by atoms with E-state index in [0.29, 0.717) is 10.8 Å². The first-order valence-corrected chi connectivity index (χ1v) is 6.53. The number of anilines is 3. The second-order valence-corrected chi connectivity index (χ2v) is 5.29. The number of hydrogen-bond acceptors (Lipinski definition) is 4. The molecular formula is C10H7Br2ClN4. The van der Waals surface area contributed by atoms with Crippen molar-refractivity contribution < 1.29 is 0 Å². The van der Waals surface area contributed by atoms with Gasteiger partial charge < -0.3 is 11.1 Å². The Bertz CT molecular complexity index is 562. The van der Waals surface area contributed by atoms with Crippen LogP contribution in [0.3, 0.4) is 0 Å². The highest BCUT2D eigenvalue weighted by Crippen LogP contribution is 2.29. The Kier molecular flexibility index (Phi) is 3.86. The Hall–Kier alpha value is -0.850. The van der Waals surface area contributed by atoms with Crippen LogP contribution in [-0.2, 0) is 0 Å². The van der Waals surface area contributed by atoms with Crippen molar-refractivity contribution in [2.24, 2.45) is 0 Å². The molecule has 0 radical (unpaired) electrons. The first-order valence-electron chi connectivity index (χ1n) is 4.56. The van der Waals surface area contributed by atoms with Crippen molar-refractivity contribution in [1.29, 1.82) is 0 Å². The zero-order chi connectivity index (χ0) is 12.4. The molecule has 0 amide bonds. The van der Waals surface area contributed by atoms with Crippen LogP contribution in [0.2, 0.25) is 5.02 Å². The first-order chi connectivity index (χ1) is 8.06. The van der Waals surface area contributed by atoms with Crippen molar-refractivity contribution in [1.82, 2.24) is 9.97 Å². The fraction of sp³-hybridized carbons (Fsp3) is 0. The normalized spacial score (nSPS) is 10.3. The van der Waals surface area contributed by atoms with E-state index in [0.717, 1.165) is 14.6 Å². The molecule has 88 valence electrons. The molecule has 0 saturated carbocycles. The summed E-state index contributed by atoms with van der Waals surface area (Å²) in [5, 5.41) is 3.72. The Morgan fingerprint density at radius 3 is 2.71 bits per heavy atom. The molecule has 1 heterocycles. The van der Waals surface area contributed by atoms with Gasteiger partial charge in [-0.05, 0) is 50.1 Å². The average molecular weight is 378 g/mol. The Morgan fingerprint density at radius 2 is 2.00 bits per heavy atom. The van der Waals surface area contributed by atoms with Crippen molar-refractivity contribution in [2.45, 2.75) is 0 Å². The van der Waals surface area contributed by atoms with Gasteiger partial charge in [0.1, 0.15) is 5.82 Å². The van der Waals surface area contributed by atoms with Crippen LogP contribution in [0.15, 0.2) is 33.3 Å². The van der Waals surface area contributed by atoms with Gasteiger partial charge in [0.15, 0.2) is 0 Å². The van der Waals surface area contributed by atoms with Crippen LogP contribution in [0.25, 0.3) is 0 Å². The van der Waals surface area contributed by atoms with Gasteiger partial charge in [-0.15, -0.1) is 0 Å². The topological polar surface area (TPSA) is 63.8 Å². The lowest BCUT2D eigenvalue weighted by Gasteiger charge is -2.08. The van der Waals surface area contributed by atoms with Gasteiger partial charge in [0.2, 0.25) is 5.95 Å². The highest BCUT2D eigenvalue weighted by molar-refractivity contribution is 9.11. The molecule has 0 aliphatic rings. The highest BCUT2D eigenvalue weighted by Gasteiger charge is 2.05. The van der Waals surface area contributed by atoms with Gasteiger partial charge in [-0.1, -0.05) is 11.6 Å². The van der Waals surface area contributed by atoms with Crippen LogP contribution < -0.4 is 11.1 Å². The molecule has 0 fully saturated rings. The summed E-state index contributed by atoms with van der Waals surface area (Å²) in [5.41, 5.74) is 6.34. The van der Waals surface area contributed by atoms with E-state index >= 15 is 0 Å². The fourth-order valence-corrected chi connectivity index (χ4v) is 1.90. The van der Waals surface area contributed by atoms with Gasteiger partial charge in [0, 0.05) is 16.4 Å². The van der Waals surface area contributed by atoms with Crippen molar-refractivity contribution in [3.8, 4) is 0 Å². The molecule has 0 atom stereocenters. The molecule has 3 N–H and O–H groups in total. The summed E-state index contributed by atoms with van der Waals surface area (Å²) in [7, 11) is 0. The Morgan fingerprint density at radius 1 is 1.24 bits per heavy atom. The molecule has 4 nitrogen and oxygen atoms in total. The van der Waals surface area contributed by atoms with Gasteiger partial charge in [0.05, 0.1) is 9.50 Å². The molecule has 0 aliphatic carbocycles. The number of nitrogen functional groups attached to an aromatic ring is 1. The Balaban J connectivity index is 2.31. The quantitative estimate of drug-likeness (QED) is 0.830. The molecule has 0 unspecified atom stereocenters. The summed E-state index contributed by atoms with van der Waals surface area (Å²) in [4.78, 5) is 7.93. The van der Waals surface area contributed by atoms with E-state index in [2.05, 4.69) is 47.1 Å². The maximum atomic E-state index is 6.00. The molecule has 1 aromatic heterocycles. The van der Waals surface area contributed by atoms with Crippen LogP contribution in [0.4, 0.5) is 17.5 Å². The standard InChI is InChI=1S/C10H7Br2ClN4/c11-6-2-1-5(3-8(6)13)16-9-7(12)4-15-10(14)17-9/h1-4H,(H3,14,15,16,17). The molecule has 17 heavy (non-hydrogen) atoms. The lowest BCUT2D eigenvalue weighted by Crippen LogP contribution is -2.00. The second-order valence-electron chi connectivity index (χ2n) is 3.18. The Labute approximate surface area is 120 Å². The molecule has 0 saturated heterocycles. The lowest BCUT2D eigenvalue weighted by molar-refractivity contribution is 1.17. The van der Waals surface area contributed by atoms with Crippen LogP contribution in [0, 0.1) is 0 Å². The third-order valence-corrected chi connectivity index (χ3v) is 3.76. The van der Waals surface area contributed by atoms with Crippen LogP contribution in [0.5, 0.6) is 0 Å². The first kappa shape index (κ1) is 12.6. The van der Waals surface area contributed by atoms with Crippen molar-refractivity contribution in [2.75, 3.05) is 11.1 Å². The molecule has 0 aliphatic heterocycles. The van der Waals surface area contributed by atoms with Gasteiger partial charge in [-0.2, -0.15) is 4.98 Å². The molecule has 2 aromatic rings. The van der Waals surface area contributed by atoms with Crippen molar-refractivity contribution >= 4 is 60.9 Å². The van der Waals surface area contributed by atoms with E-state index in [9.17, 15) is 0 Å². The lowest BCUT2D eigenvalue weighted by atomic mass is 10.3. The van der Waals surface area contributed by atoms with Gasteiger partial charge in [-0.25, -0.2) is 4.98 Å². The number of nitrogens with two attached hydrogens (primary N) is 1. The summed E-state index contributed by atoms with van der Waals surface area (Å²) < 4.78 is 1.57. The van der Waals surface area contributed by atoms with Crippen molar-refractivity contribution in [3.63, 3.8) is 0 Å². The van der Waals surface area contributed by atoms with Crippen molar-refractivity contribution in [3.05, 3.63) is 38.4 Å². The number of nitrogens with zero attached hydrogens (tertiary/aromatic N) is 2. The maximum absolute atomic E-state index is 6.00. The maximum Gasteiger partial charge on any atom is 0.222 e. The van der Waals surface area contributed by atoms with E-state index in [1.54, 1.807) is 12.3 Å². The minimum absolute atomic E-state index is 0.207. The van der Waals surface area contributed by atoms with Crippen LogP contribution in [-0.4, -0.2) is 9.97 Å². The molecule has 1 aromatic carbocycles. The van der Waals surface area contributed by atoms with Gasteiger partial charge in [0.25, 0.3) is 0 Å². The van der Waals surface area contributed by atoms with Crippen LogP contribution >= 0.6 is 43.5 Å². The SMILES string of the molecule is Nc1ncc(Br)c(Nc2ccc(Br)c(Cl)c2)n1. The minimum Gasteiger partial charge on any atom is -0.368 e. The average Bonchev–Trinajstić information content (AvgIpc) is 2.29. The molecular weight excluding hydrogens is 371 g/mol. The number of aromatic nitrogens is 2. The van der Waals surface area contributed by atoms with E-state index < -0.39 is 0 Å². The summed E-state index contributed by atoms with van der Waals surface area (Å²) in [6, 6.07) is 5.51. The summed E-state index contributed by atoms with van der Waals surface area (Å²) in [5.74, 6) is 0.801. The zero-order valence-electron chi connectivity index (χ0n) is 8.42. The number of rotatable bonds is 2. The predicted molar refractivity (Wildman–Crippen MR) is 76.6 cm³/mol. The highest BCUT2D eigenvalue weighted by atomic mass is 79.9. The summed E-state index contributed by atoms with van der Waals surface area (Å²) in [6.07, 6.45) is 1.59. The van der Waals surface area contributed by atoms with Crippen LogP contribution in [0.1, 0.15) is 0 Å². The number of hydrogen-bond donors (Lipinski definition) is 2. The zero-order valence-corrected chi connectivity index (χ0v) is 12.3.